The maximum absolute atomic E-state index is 12.3. The Bertz CT molecular complexity index is 441. The van der Waals surface area contributed by atoms with Gasteiger partial charge in [0.15, 0.2) is 5.76 Å². The molecule has 0 aliphatic carbocycles. The molecule has 0 saturated heterocycles. The Hall–Kier alpha value is -1.82. The molecular weight excluding hydrogens is 262 g/mol. The van der Waals surface area contributed by atoms with E-state index in [9.17, 15) is 9.59 Å². The number of furan rings is 1. The van der Waals surface area contributed by atoms with Crippen LogP contribution in [0.25, 0.3) is 0 Å². The van der Waals surface area contributed by atoms with Crippen LogP contribution in [0, 0.1) is 0 Å². The van der Waals surface area contributed by atoms with Gasteiger partial charge in [0, 0.05) is 26.6 Å². The summed E-state index contributed by atoms with van der Waals surface area (Å²) in [5, 5.41) is 0. The summed E-state index contributed by atoms with van der Waals surface area (Å²) in [6.07, 6.45) is 0.876. The number of carbonyl (C=O) groups excluding carboxylic acids is 2. The molecule has 0 saturated carbocycles. The molecule has 1 heterocycles. The summed E-state index contributed by atoms with van der Waals surface area (Å²) in [5.74, 6) is 0.440. The number of hydrogen-bond acceptors (Lipinski definition) is 5. The van der Waals surface area contributed by atoms with Gasteiger partial charge in [-0.2, -0.15) is 0 Å². The van der Waals surface area contributed by atoms with Crippen LogP contribution in [0.3, 0.4) is 0 Å². The summed E-state index contributed by atoms with van der Waals surface area (Å²) in [7, 11) is 2.88. The molecule has 0 aromatic carbocycles. The highest BCUT2D eigenvalue weighted by Gasteiger charge is 2.20. The van der Waals surface area contributed by atoms with Gasteiger partial charge in [-0.25, -0.2) is 0 Å². The predicted molar refractivity (Wildman–Crippen MR) is 72.5 cm³/mol. The lowest BCUT2D eigenvalue weighted by molar-refractivity contribution is -0.140. The minimum Gasteiger partial charge on any atom is -0.469 e. The van der Waals surface area contributed by atoms with Crippen LogP contribution in [0.5, 0.6) is 0 Å². The molecule has 0 unspecified atom stereocenters. The molecule has 0 fully saturated rings. The van der Waals surface area contributed by atoms with Crippen molar-refractivity contribution in [3.63, 3.8) is 0 Å². The van der Waals surface area contributed by atoms with Crippen LogP contribution >= 0.6 is 0 Å². The Morgan fingerprint density at radius 2 is 2.00 bits per heavy atom. The molecule has 6 heteroatoms. The second-order valence-electron chi connectivity index (χ2n) is 4.23. The maximum Gasteiger partial charge on any atom is 0.307 e. The summed E-state index contributed by atoms with van der Waals surface area (Å²) in [5.41, 5.74) is 0. The first-order chi connectivity index (χ1) is 9.62. The zero-order valence-corrected chi connectivity index (χ0v) is 12.2. The van der Waals surface area contributed by atoms with E-state index >= 15 is 0 Å². The normalized spacial score (nSPS) is 10.3. The molecule has 1 rings (SSSR count). The quantitative estimate of drug-likeness (QED) is 0.676. The fourth-order valence-electron chi connectivity index (χ4n) is 1.68. The maximum atomic E-state index is 12.3. The molecule has 0 radical (unpaired) electrons. The summed E-state index contributed by atoms with van der Waals surface area (Å²) >= 11 is 0. The van der Waals surface area contributed by atoms with Crippen molar-refractivity contribution in [1.29, 1.82) is 0 Å². The van der Waals surface area contributed by atoms with Gasteiger partial charge in [-0.05, 0) is 12.1 Å². The minimum atomic E-state index is -0.353. The van der Waals surface area contributed by atoms with Gasteiger partial charge in [0.25, 0.3) is 5.91 Å². The largest absolute Gasteiger partial charge is 0.469 e. The summed E-state index contributed by atoms with van der Waals surface area (Å²) in [6.45, 7) is 3.02. The van der Waals surface area contributed by atoms with Crippen molar-refractivity contribution in [3.05, 3.63) is 23.7 Å². The van der Waals surface area contributed by atoms with Crippen LogP contribution in [-0.4, -0.2) is 50.7 Å². The predicted octanol–water partition coefficient (Wildman–Crippen LogP) is 1.49. The van der Waals surface area contributed by atoms with Gasteiger partial charge in [0.1, 0.15) is 5.76 Å². The lowest BCUT2D eigenvalue weighted by Crippen LogP contribution is -2.35. The number of methoxy groups -OCH3 is 2. The second-order valence-corrected chi connectivity index (χ2v) is 4.23. The average Bonchev–Trinajstić information content (AvgIpc) is 2.95. The third-order valence-electron chi connectivity index (χ3n) is 2.89. The summed E-state index contributed by atoms with van der Waals surface area (Å²) in [6, 6.07) is 3.43. The fourth-order valence-corrected chi connectivity index (χ4v) is 1.68. The lowest BCUT2D eigenvalue weighted by atomic mass is 10.3. The first-order valence-corrected chi connectivity index (χ1v) is 6.56. The van der Waals surface area contributed by atoms with E-state index in [1.54, 1.807) is 19.2 Å². The molecule has 1 aromatic heterocycles. The number of esters is 1. The highest BCUT2D eigenvalue weighted by molar-refractivity contribution is 5.91. The Balaban J connectivity index is 2.69. The molecule has 112 valence electrons. The molecule has 0 spiro atoms. The van der Waals surface area contributed by atoms with E-state index in [-0.39, 0.29) is 30.6 Å². The van der Waals surface area contributed by atoms with Crippen molar-refractivity contribution in [2.75, 3.05) is 33.9 Å². The zero-order chi connectivity index (χ0) is 15.0. The molecule has 0 aliphatic heterocycles. The lowest BCUT2D eigenvalue weighted by Gasteiger charge is -2.20. The number of ether oxygens (including phenoxy) is 2. The minimum absolute atomic E-state index is 0.146. The number of nitrogens with zero attached hydrogens (tertiary/aromatic N) is 1. The molecule has 1 aromatic rings. The SMILES string of the molecule is CCc1ccc(C(=O)N(CCOC)CCC(=O)OC)o1. The van der Waals surface area contributed by atoms with Crippen molar-refractivity contribution in [2.45, 2.75) is 19.8 Å². The van der Waals surface area contributed by atoms with Gasteiger partial charge in [-0.15, -0.1) is 0 Å². The number of carbonyl (C=O) groups is 2. The van der Waals surface area contributed by atoms with E-state index < -0.39 is 0 Å². The van der Waals surface area contributed by atoms with Gasteiger partial charge in [-0.1, -0.05) is 6.92 Å². The third kappa shape index (κ3) is 4.70. The van der Waals surface area contributed by atoms with Gasteiger partial charge in [-0.3, -0.25) is 9.59 Å². The standard InChI is InChI=1S/C14H21NO5/c1-4-11-5-6-12(20-11)14(17)15(9-10-18-2)8-7-13(16)19-3/h5-6H,4,7-10H2,1-3H3. The fraction of sp³-hybridized carbons (Fsp3) is 0.571. The first-order valence-electron chi connectivity index (χ1n) is 6.56. The second kappa shape index (κ2) is 8.37. The monoisotopic (exact) mass is 283 g/mol. The van der Waals surface area contributed by atoms with Crippen LogP contribution < -0.4 is 0 Å². The first kappa shape index (κ1) is 16.2. The van der Waals surface area contributed by atoms with Crippen molar-refractivity contribution in [2.24, 2.45) is 0 Å². The summed E-state index contributed by atoms with van der Waals surface area (Å²) in [4.78, 5) is 25.0. The van der Waals surface area contributed by atoms with E-state index in [1.807, 2.05) is 6.92 Å². The highest BCUT2D eigenvalue weighted by Crippen LogP contribution is 2.11. The number of rotatable bonds is 8. The Morgan fingerprint density at radius 1 is 1.25 bits per heavy atom. The number of aryl methyl sites for hydroxylation is 1. The molecule has 6 nitrogen and oxygen atoms in total. The third-order valence-corrected chi connectivity index (χ3v) is 2.89. The van der Waals surface area contributed by atoms with Gasteiger partial charge in [0.05, 0.1) is 20.1 Å². The van der Waals surface area contributed by atoms with Crippen molar-refractivity contribution in [3.8, 4) is 0 Å². The Morgan fingerprint density at radius 3 is 2.55 bits per heavy atom. The van der Waals surface area contributed by atoms with Crippen LogP contribution in [0.15, 0.2) is 16.5 Å². The van der Waals surface area contributed by atoms with E-state index in [2.05, 4.69) is 4.74 Å². The van der Waals surface area contributed by atoms with Gasteiger partial charge in [0.2, 0.25) is 0 Å². The van der Waals surface area contributed by atoms with Crippen LogP contribution in [-0.2, 0) is 20.7 Å². The molecule has 20 heavy (non-hydrogen) atoms. The zero-order valence-electron chi connectivity index (χ0n) is 12.2. The number of hydrogen-bond donors (Lipinski definition) is 0. The van der Waals surface area contributed by atoms with E-state index in [1.165, 1.54) is 12.0 Å². The Labute approximate surface area is 118 Å². The molecule has 0 N–H and O–H groups in total. The average molecular weight is 283 g/mol. The Kier molecular flexibility index (Phi) is 6.79. The number of amides is 1. The molecule has 0 aliphatic rings. The molecular formula is C14H21NO5. The van der Waals surface area contributed by atoms with Crippen molar-refractivity contribution < 1.29 is 23.5 Å². The van der Waals surface area contributed by atoms with Crippen molar-refractivity contribution >= 4 is 11.9 Å². The van der Waals surface area contributed by atoms with Gasteiger partial charge >= 0.3 is 5.97 Å². The summed E-state index contributed by atoms with van der Waals surface area (Å²) < 4.78 is 15.0. The van der Waals surface area contributed by atoms with Crippen LogP contribution in [0.1, 0.15) is 29.7 Å². The topological polar surface area (TPSA) is 69.0 Å². The highest BCUT2D eigenvalue weighted by atomic mass is 16.5. The molecule has 0 bridgehead atoms. The van der Waals surface area contributed by atoms with Crippen LogP contribution in [0.2, 0.25) is 0 Å². The smallest absolute Gasteiger partial charge is 0.307 e. The van der Waals surface area contributed by atoms with Gasteiger partial charge < -0.3 is 18.8 Å². The van der Waals surface area contributed by atoms with Crippen molar-refractivity contribution in [1.82, 2.24) is 4.90 Å². The van der Waals surface area contributed by atoms with E-state index in [4.69, 9.17) is 9.15 Å². The van der Waals surface area contributed by atoms with Crippen LogP contribution in [0.4, 0.5) is 0 Å². The molecule has 1 amide bonds. The van der Waals surface area contributed by atoms with E-state index in [0.29, 0.717) is 13.2 Å². The molecule has 0 atom stereocenters. The van der Waals surface area contributed by atoms with E-state index in [0.717, 1.165) is 12.2 Å².